The van der Waals surface area contributed by atoms with Crippen LogP contribution >= 0.6 is 11.3 Å². The summed E-state index contributed by atoms with van der Waals surface area (Å²) in [5.74, 6) is -0.0639. The summed E-state index contributed by atoms with van der Waals surface area (Å²) >= 11 is 1.27. The Bertz CT molecular complexity index is 399. The van der Waals surface area contributed by atoms with Crippen LogP contribution in [-0.2, 0) is 4.74 Å². The number of anilines is 1. The fourth-order valence-corrected chi connectivity index (χ4v) is 2.55. The van der Waals surface area contributed by atoms with E-state index in [0.29, 0.717) is 23.2 Å². The highest BCUT2D eigenvalue weighted by molar-refractivity contribution is 7.17. The molecule has 0 spiro atoms. The largest absolute Gasteiger partial charge is 0.372 e. The van der Waals surface area contributed by atoms with Crippen LogP contribution in [0.3, 0.4) is 0 Å². The van der Waals surface area contributed by atoms with Crippen LogP contribution in [0.25, 0.3) is 0 Å². The maximum Gasteiger partial charge on any atom is 0.285 e. The molecule has 1 aromatic heterocycles. The number of hydrogen-bond donors (Lipinski definition) is 1. The van der Waals surface area contributed by atoms with Crippen LogP contribution in [0.1, 0.15) is 23.6 Å². The first-order chi connectivity index (χ1) is 8.10. The van der Waals surface area contributed by atoms with E-state index in [1.165, 1.54) is 11.3 Å². The maximum absolute atomic E-state index is 12.2. The molecule has 1 amide bonds. The van der Waals surface area contributed by atoms with Crippen molar-refractivity contribution in [2.24, 2.45) is 0 Å². The zero-order chi connectivity index (χ0) is 12.4. The molecule has 0 aromatic carbocycles. The third-order valence-corrected chi connectivity index (χ3v) is 3.46. The topological polar surface area (TPSA) is 67.4 Å². The van der Waals surface area contributed by atoms with Gasteiger partial charge in [0.2, 0.25) is 10.1 Å². The van der Waals surface area contributed by atoms with Gasteiger partial charge in [-0.05, 0) is 13.8 Å². The van der Waals surface area contributed by atoms with Crippen LogP contribution in [0.15, 0.2) is 0 Å². The molecular weight excluding hydrogens is 240 g/mol. The second-order valence-corrected chi connectivity index (χ2v) is 5.11. The van der Waals surface area contributed by atoms with E-state index in [4.69, 9.17) is 4.74 Å². The normalized spacial score (nSPS) is 24.8. The number of morpholine rings is 1. The van der Waals surface area contributed by atoms with Gasteiger partial charge in [0.1, 0.15) is 0 Å². The van der Waals surface area contributed by atoms with Crippen molar-refractivity contribution in [1.29, 1.82) is 0 Å². The van der Waals surface area contributed by atoms with Crippen molar-refractivity contribution in [2.45, 2.75) is 26.1 Å². The molecule has 1 aromatic rings. The Labute approximate surface area is 104 Å². The SMILES string of the molecule is CNc1nnc(C(=O)N2CC(C)OC(C)C2)s1. The van der Waals surface area contributed by atoms with Gasteiger partial charge in [0, 0.05) is 20.1 Å². The van der Waals surface area contributed by atoms with Crippen molar-refractivity contribution >= 4 is 22.4 Å². The average Bonchev–Trinajstić information content (AvgIpc) is 2.75. The van der Waals surface area contributed by atoms with Crippen LogP contribution in [0, 0.1) is 0 Å². The van der Waals surface area contributed by atoms with Crippen LogP contribution in [0.2, 0.25) is 0 Å². The molecule has 94 valence electrons. The molecule has 0 bridgehead atoms. The molecule has 7 heteroatoms. The number of amides is 1. The number of hydrogen-bond acceptors (Lipinski definition) is 6. The number of rotatable bonds is 2. The molecule has 0 aliphatic carbocycles. The second-order valence-electron chi connectivity index (χ2n) is 4.13. The monoisotopic (exact) mass is 256 g/mol. The van der Waals surface area contributed by atoms with E-state index >= 15 is 0 Å². The highest BCUT2D eigenvalue weighted by Crippen LogP contribution is 2.19. The van der Waals surface area contributed by atoms with Crippen molar-refractivity contribution in [2.75, 3.05) is 25.5 Å². The minimum atomic E-state index is -0.0639. The molecule has 1 N–H and O–H groups in total. The van der Waals surface area contributed by atoms with Crippen molar-refractivity contribution < 1.29 is 9.53 Å². The summed E-state index contributed by atoms with van der Waals surface area (Å²) in [6, 6.07) is 0. The standard InChI is InChI=1S/C10H16N4O2S/c1-6-4-14(5-7(2)16-6)9(15)8-12-13-10(11-3)17-8/h6-7H,4-5H2,1-3H3,(H,11,13). The highest BCUT2D eigenvalue weighted by atomic mass is 32.1. The smallest absolute Gasteiger partial charge is 0.285 e. The minimum absolute atomic E-state index is 0.0639. The van der Waals surface area contributed by atoms with Crippen molar-refractivity contribution in [3.63, 3.8) is 0 Å². The number of aromatic nitrogens is 2. The van der Waals surface area contributed by atoms with Crippen molar-refractivity contribution in [1.82, 2.24) is 15.1 Å². The lowest BCUT2D eigenvalue weighted by atomic mass is 10.2. The summed E-state index contributed by atoms with van der Waals surface area (Å²) in [5.41, 5.74) is 0. The minimum Gasteiger partial charge on any atom is -0.372 e. The van der Waals surface area contributed by atoms with Crippen LogP contribution in [0.4, 0.5) is 5.13 Å². The lowest BCUT2D eigenvalue weighted by Crippen LogP contribution is -2.48. The number of ether oxygens (including phenoxy) is 1. The number of nitrogens with zero attached hydrogens (tertiary/aromatic N) is 3. The highest BCUT2D eigenvalue weighted by Gasteiger charge is 2.28. The van der Waals surface area contributed by atoms with Gasteiger partial charge in [-0.15, -0.1) is 10.2 Å². The summed E-state index contributed by atoms with van der Waals surface area (Å²) in [5, 5.41) is 11.7. The third kappa shape index (κ3) is 2.73. The van der Waals surface area contributed by atoms with E-state index in [9.17, 15) is 4.79 Å². The fraction of sp³-hybridized carbons (Fsp3) is 0.700. The molecule has 1 aliphatic rings. The molecule has 6 nitrogen and oxygen atoms in total. The van der Waals surface area contributed by atoms with Crippen LogP contribution < -0.4 is 5.32 Å². The summed E-state index contributed by atoms with van der Waals surface area (Å²) in [6.07, 6.45) is 0.138. The lowest BCUT2D eigenvalue weighted by molar-refractivity contribution is -0.0586. The van der Waals surface area contributed by atoms with E-state index in [0.717, 1.165) is 0 Å². The Morgan fingerprint density at radius 1 is 1.41 bits per heavy atom. The van der Waals surface area contributed by atoms with Gasteiger partial charge >= 0.3 is 0 Å². The predicted octanol–water partition coefficient (Wildman–Crippen LogP) is 0.829. The second kappa shape index (κ2) is 4.97. The van der Waals surface area contributed by atoms with E-state index in [1.54, 1.807) is 11.9 Å². The van der Waals surface area contributed by atoms with Gasteiger partial charge in [0.05, 0.1) is 12.2 Å². The molecule has 1 fully saturated rings. The van der Waals surface area contributed by atoms with Gasteiger partial charge in [-0.3, -0.25) is 4.79 Å². The third-order valence-electron chi connectivity index (χ3n) is 2.53. The Kier molecular flexibility index (Phi) is 3.58. The van der Waals surface area contributed by atoms with Gasteiger partial charge < -0.3 is 15.0 Å². The van der Waals surface area contributed by atoms with Gasteiger partial charge in [-0.2, -0.15) is 0 Å². The Balaban J connectivity index is 2.08. The number of carbonyl (C=O) groups is 1. The fourth-order valence-electron chi connectivity index (χ4n) is 1.89. The van der Waals surface area contributed by atoms with Crippen molar-refractivity contribution in [3.8, 4) is 0 Å². The van der Waals surface area contributed by atoms with Gasteiger partial charge in [-0.1, -0.05) is 11.3 Å². The van der Waals surface area contributed by atoms with Gasteiger partial charge in [0.25, 0.3) is 5.91 Å². The first-order valence-corrected chi connectivity index (χ1v) is 6.37. The number of carbonyl (C=O) groups excluding carboxylic acids is 1. The first kappa shape index (κ1) is 12.3. The first-order valence-electron chi connectivity index (χ1n) is 5.56. The summed E-state index contributed by atoms with van der Waals surface area (Å²) in [7, 11) is 1.76. The number of nitrogens with one attached hydrogen (secondary N) is 1. The predicted molar refractivity (Wildman–Crippen MR) is 65.4 cm³/mol. The molecule has 1 saturated heterocycles. The summed E-state index contributed by atoms with van der Waals surface area (Å²) < 4.78 is 5.59. The van der Waals surface area contributed by atoms with Crippen molar-refractivity contribution in [3.05, 3.63) is 5.01 Å². The molecule has 2 unspecified atom stereocenters. The Hall–Kier alpha value is -1.21. The van der Waals surface area contributed by atoms with Gasteiger partial charge in [0.15, 0.2) is 0 Å². The quantitative estimate of drug-likeness (QED) is 0.849. The maximum atomic E-state index is 12.2. The zero-order valence-electron chi connectivity index (χ0n) is 10.1. The molecular formula is C10H16N4O2S. The average molecular weight is 256 g/mol. The Morgan fingerprint density at radius 3 is 2.59 bits per heavy atom. The van der Waals surface area contributed by atoms with E-state index in [-0.39, 0.29) is 18.1 Å². The van der Waals surface area contributed by atoms with E-state index < -0.39 is 0 Å². The molecule has 0 radical (unpaired) electrons. The summed E-state index contributed by atoms with van der Waals surface area (Å²) in [4.78, 5) is 13.9. The molecule has 0 saturated carbocycles. The molecule has 2 atom stereocenters. The van der Waals surface area contributed by atoms with Crippen LogP contribution in [0.5, 0.6) is 0 Å². The lowest BCUT2D eigenvalue weighted by Gasteiger charge is -2.34. The van der Waals surface area contributed by atoms with Crippen LogP contribution in [-0.4, -0.2) is 53.3 Å². The van der Waals surface area contributed by atoms with E-state index in [1.807, 2.05) is 13.8 Å². The molecule has 2 heterocycles. The molecule has 2 rings (SSSR count). The molecule has 1 aliphatic heterocycles. The Morgan fingerprint density at radius 2 is 2.06 bits per heavy atom. The zero-order valence-corrected chi connectivity index (χ0v) is 11.0. The van der Waals surface area contributed by atoms with Gasteiger partial charge in [-0.25, -0.2) is 0 Å². The van der Waals surface area contributed by atoms with E-state index in [2.05, 4.69) is 15.5 Å². The summed E-state index contributed by atoms with van der Waals surface area (Å²) in [6.45, 7) is 5.15. The molecule has 17 heavy (non-hydrogen) atoms.